The molecule has 2 atom stereocenters. The lowest BCUT2D eigenvalue weighted by atomic mass is 10.1. The standard InChI is InChI=1S/C23H24Cl2FN3O4/c24-16-1-4-21-15(7-16)8-22(33-21)23(31)27-10-14-5-6-29(12-14)28-11-17(30)13-32-18-2-3-19(25)20(26)9-18/h1-4,7-9,14,17,28,30H,5-6,10-13H2,(H,27,31). The van der Waals surface area contributed by atoms with Crippen molar-refractivity contribution in [2.75, 3.05) is 32.8 Å². The van der Waals surface area contributed by atoms with Gasteiger partial charge in [-0.25, -0.2) is 9.40 Å². The van der Waals surface area contributed by atoms with E-state index in [0.29, 0.717) is 22.9 Å². The van der Waals surface area contributed by atoms with Gasteiger partial charge in [0.15, 0.2) is 5.76 Å². The maximum atomic E-state index is 13.4. The number of carbonyl (C=O) groups is 1. The van der Waals surface area contributed by atoms with Crippen LogP contribution in [-0.2, 0) is 0 Å². The molecule has 2 unspecified atom stereocenters. The van der Waals surface area contributed by atoms with Crippen molar-refractivity contribution in [1.82, 2.24) is 15.8 Å². The van der Waals surface area contributed by atoms with E-state index in [9.17, 15) is 14.3 Å². The number of furan rings is 1. The van der Waals surface area contributed by atoms with E-state index in [2.05, 4.69) is 10.7 Å². The van der Waals surface area contributed by atoms with Gasteiger partial charge in [0.1, 0.15) is 29.9 Å². The van der Waals surface area contributed by atoms with Gasteiger partial charge in [-0.2, -0.15) is 0 Å². The van der Waals surface area contributed by atoms with E-state index in [1.807, 2.05) is 5.01 Å². The summed E-state index contributed by atoms with van der Waals surface area (Å²) in [7, 11) is 0. The lowest BCUT2D eigenvalue weighted by Crippen LogP contribution is -2.43. The van der Waals surface area contributed by atoms with E-state index in [1.165, 1.54) is 12.1 Å². The number of hydrogen-bond acceptors (Lipinski definition) is 6. The Morgan fingerprint density at radius 3 is 2.94 bits per heavy atom. The van der Waals surface area contributed by atoms with Crippen molar-refractivity contribution in [3.05, 3.63) is 64.1 Å². The third kappa shape index (κ3) is 6.37. The minimum atomic E-state index is -0.774. The number of benzene rings is 2. The SMILES string of the molecule is O=C(NCC1CCN(NCC(O)COc2ccc(Cl)c(F)c2)C1)c1cc2cc(Cl)ccc2o1. The highest BCUT2D eigenvalue weighted by Gasteiger charge is 2.24. The summed E-state index contributed by atoms with van der Waals surface area (Å²) in [5, 5.41) is 16.4. The normalized spacial score (nSPS) is 17.4. The van der Waals surface area contributed by atoms with E-state index in [1.54, 1.807) is 30.3 Å². The fraction of sp³-hybridized carbons (Fsp3) is 0.348. The Labute approximate surface area is 200 Å². The second-order valence-corrected chi connectivity index (χ2v) is 8.85. The molecule has 176 valence electrons. The van der Waals surface area contributed by atoms with Crippen molar-refractivity contribution in [1.29, 1.82) is 0 Å². The highest BCUT2D eigenvalue weighted by Crippen LogP contribution is 2.23. The predicted octanol–water partition coefficient (Wildman–Crippen LogP) is 3.87. The molecule has 33 heavy (non-hydrogen) atoms. The number of ether oxygens (including phenoxy) is 1. The number of aliphatic hydroxyl groups is 1. The molecule has 1 amide bonds. The molecule has 0 spiro atoms. The molecule has 2 heterocycles. The number of aliphatic hydroxyl groups excluding tert-OH is 1. The predicted molar refractivity (Wildman–Crippen MR) is 124 cm³/mol. The summed E-state index contributed by atoms with van der Waals surface area (Å²) >= 11 is 11.6. The van der Waals surface area contributed by atoms with Gasteiger partial charge in [-0.15, -0.1) is 0 Å². The molecule has 4 rings (SSSR count). The third-order valence-electron chi connectivity index (χ3n) is 5.42. The summed E-state index contributed by atoms with van der Waals surface area (Å²) in [5.41, 5.74) is 3.79. The fourth-order valence-corrected chi connectivity index (χ4v) is 3.94. The number of hydrazine groups is 1. The average molecular weight is 496 g/mol. The van der Waals surface area contributed by atoms with E-state index in [-0.39, 0.29) is 35.8 Å². The summed E-state index contributed by atoms with van der Waals surface area (Å²) in [5.74, 6) is -0.00300. The van der Waals surface area contributed by atoms with E-state index in [4.69, 9.17) is 32.4 Å². The number of rotatable bonds is 9. The monoisotopic (exact) mass is 495 g/mol. The molecular formula is C23H24Cl2FN3O4. The van der Waals surface area contributed by atoms with Gasteiger partial charge in [-0.3, -0.25) is 10.2 Å². The zero-order chi connectivity index (χ0) is 23.4. The quantitative estimate of drug-likeness (QED) is 0.417. The van der Waals surface area contributed by atoms with E-state index < -0.39 is 11.9 Å². The molecule has 1 fully saturated rings. The zero-order valence-corrected chi connectivity index (χ0v) is 19.2. The van der Waals surface area contributed by atoms with Crippen LogP contribution in [-0.4, -0.2) is 54.9 Å². The van der Waals surface area contributed by atoms with Crippen LogP contribution < -0.4 is 15.5 Å². The second-order valence-electron chi connectivity index (χ2n) is 8.01. The number of hydrogen-bond donors (Lipinski definition) is 3. The maximum Gasteiger partial charge on any atom is 0.287 e. The van der Waals surface area contributed by atoms with Crippen molar-refractivity contribution < 1.29 is 23.4 Å². The summed E-state index contributed by atoms with van der Waals surface area (Å²) < 4.78 is 24.4. The summed E-state index contributed by atoms with van der Waals surface area (Å²) in [6.07, 6.45) is 0.128. The van der Waals surface area contributed by atoms with Crippen LogP contribution in [0.2, 0.25) is 10.0 Å². The third-order valence-corrected chi connectivity index (χ3v) is 5.96. The van der Waals surface area contributed by atoms with Crippen molar-refractivity contribution in [3.63, 3.8) is 0 Å². The van der Waals surface area contributed by atoms with E-state index in [0.717, 1.165) is 24.9 Å². The van der Waals surface area contributed by atoms with Gasteiger partial charge >= 0.3 is 0 Å². The van der Waals surface area contributed by atoms with Gasteiger partial charge in [-0.05, 0) is 48.7 Å². The highest BCUT2D eigenvalue weighted by atomic mass is 35.5. The molecule has 1 aliphatic rings. The Bertz CT molecular complexity index is 1130. The van der Waals surface area contributed by atoms with Crippen molar-refractivity contribution >= 4 is 40.1 Å². The van der Waals surface area contributed by atoms with Crippen molar-refractivity contribution in [2.45, 2.75) is 12.5 Å². The van der Waals surface area contributed by atoms with Crippen LogP contribution in [0.4, 0.5) is 4.39 Å². The Morgan fingerprint density at radius 1 is 1.27 bits per heavy atom. The molecule has 0 bridgehead atoms. The number of amides is 1. The largest absolute Gasteiger partial charge is 0.491 e. The summed E-state index contributed by atoms with van der Waals surface area (Å²) in [4.78, 5) is 12.4. The minimum Gasteiger partial charge on any atom is -0.491 e. The molecule has 2 aromatic carbocycles. The first-order valence-corrected chi connectivity index (χ1v) is 11.3. The smallest absolute Gasteiger partial charge is 0.287 e. The van der Waals surface area contributed by atoms with Crippen LogP contribution in [0.1, 0.15) is 17.0 Å². The van der Waals surface area contributed by atoms with Crippen molar-refractivity contribution in [2.24, 2.45) is 5.92 Å². The zero-order valence-electron chi connectivity index (χ0n) is 17.7. The minimum absolute atomic E-state index is 0.0180. The lowest BCUT2D eigenvalue weighted by Gasteiger charge is -2.20. The Kier molecular flexibility index (Phi) is 7.72. The molecule has 0 radical (unpaired) electrons. The Balaban J connectivity index is 1.16. The molecule has 7 nitrogen and oxygen atoms in total. The van der Waals surface area contributed by atoms with Crippen LogP contribution in [0.5, 0.6) is 5.75 Å². The first kappa shape index (κ1) is 23.8. The van der Waals surface area contributed by atoms with Crippen molar-refractivity contribution in [3.8, 4) is 5.75 Å². The summed E-state index contributed by atoms with van der Waals surface area (Å²) in [6, 6.07) is 11.0. The number of carbonyl (C=O) groups excluding carboxylic acids is 1. The molecule has 0 saturated carbocycles. The van der Waals surface area contributed by atoms with Gasteiger partial charge in [0.2, 0.25) is 0 Å². The van der Waals surface area contributed by atoms with Crippen LogP contribution in [0, 0.1) is 11.7 Å². The molecule has 0 aliphatic carbocycles. The number of nitrogens with zero attached hydrogens (tertiary/aromatic N) is 1. The fourth-order valence-electron chi connectivity index (χ4n) is 3.65. The summed E-state index contributed by atoms with van der Waals surface area (Å²) in [6.45, 7) is 2.34. The Hall–Kier alpha value is -2.36. The van der Waals surface area contributed by atoms with Gasteiger partial charge in [-0.1, -0.05) is 23.2 Å². The highest BCUT2D eigenvalue weighted by molar-refractivity contribution is 6.31. The molecule has 3 aromatic rings. The van der Waals surface area contributed by atoms with Crippen LogP contribution >= 0.6 is 23.2 Å². The molecule has 1 aliphatic heterocycles. The molecule has 10 heteroatoms. The first-order chi connectivity index (χ1) is 15.9. The molecule has 1 aromatic heterocycles. The van der Waals surface area contributed by atoms with Gasteiger partial charge in [0.25, 0.3) is 5.91 Å². The molecular weight excluding hydrogens is 472 g/mol. The molecule has 1 saturated heterocycles. The van der Waals surface area contributed by atoms with Crippen LogP contribution in [0.25, 0.3) is 11.0 Å². The molecule has 3 N–H and O–H groups in total. The first-order valence-electron chi connectivity index (χ1n) is 10.6. The van der Waals surface area contributed by atoms with Gasteiger partial charge in [0, 0.05) is 42.7 Å². The number of nitrogens with one attached hydrogen (secondary N) is 2. The Morgan fingerprint density at radius 2 is 2.12 bits per heavy atom. The van der Waals surface area contributed by atoms with Gasteiger partial charge < -0.3 is 19.6 Å². The average Bonchev–Trinajstić information content (AvgIpc) is 3.43. The number of halogens is 3. The number of fused-ring (bicyclic) bond motifs is 1. The topological polar surface area (TPSA) is 87.0 Å². The second kappa shape index (κ2) is 10.7. The maximum absolute atomic E-state index is 13.4. The van der Waals surface area contributed by atoms with Crippen LogP contribution in [0.3, 0.4) is 0 Å². The van der Waals surface area contributed by atoms with Gasteiger partial charge in [0.05, 0.1) is 5.02 Å². The van der Waals surface area contributed by atoms with Crippen LogP contribution in [0.15, 0.2) is 46.9 Å². The van der Waals surface area contributed by atoms with E-state index >= 15 is 0 Å². The lowest BCUT2D eigenvalue weighted by molar-refractivity contribution is 0.0811.